The maximum absolute atomic E-state index is 12.5. The molecule has 1 heterocycles. The van der Waals surface area contributed by atoms with Crippen molar-refractivity contribution >= 4 is 17.6 Å². The molecule has 0 spiro atoms. The highest BCUT2D eigenvalue weighted by atomic mass is 16.5. The van der Waals surface area contributed by atoms with Gasteiger partial charge in [0.2, 0.25) is 0 Å². The largest absolute Gasteiger partial charge is 0.379 e. The summed E-state index contributed by atoms with van der Waals surface area (Å²) in [4.78, 5) is 26.7. The van der Waals surface area contributed by atoms with Crippen LogP contribution >= 0.6 is 0 Å². The van der Waals surface area contributed by atoms with E-state index in [1.54, 1.807) is 24.3 Å². The Kier molecular flexibility index (Phi) is 7.21. The number of hydrogen-bond donors (Lipinski definition) is 3. The lowest BCUT2D eigenvalue weighted by Crippen LogP contribution is -2.47. The predicted molar refractivity (Wildman–Crippen MR) is 97.9 cm³/mol. The van der Waals surface area contributed by atoms with Crippen molar-refractivity contribution in [2.75, 3.05) is 38.2 Å². The number of carbonyl (C=O) groups excluding carboxylic acids is 2. The maximum atomic E-state index is 12.5. The fraction of sp³-hybridized carbons (Fsp3) is 0.556. The first-order chi connectivity index (χ1) is 12.0. The van der Waals surface area contributed by atoms with Crippen molar-refractivity contribution in [3.8, 4) is 0 Å². The second-order valence-electron chi connectivity index (χ2n) is 6.51. The third-order valence-corrected chi connectivity index (χ3v) is 4.07. The number of amides is 3. The Morgan fingerprint density at radius 3 is 2.52 bits per heavy atom. The fourth-order valence-corrected chi connectivity index (χ4v) is 2.69. The molecular weight excluding hydrogens is 320 g/mol. The van der Waals surface area contributed by atoms with E-state index in [9.17, 15) is 9.59 Å². The number of anilines is 1. The Labute approximate surface area is 149 Å². The van der Waals surface area contributed by atoms with E-state index in [0.717, 1.165) is 26.3 Å². The van der Waals surface area contributed by atoms with Gasteiger partial charge in [0.25, 0.3) is 5.91 Å². The summed E-state index contributed by atoms with van der Waals surface area (Å²) in [5.41, 5.74) is 0.952. The van der Waals surface area contributed by atoms with Gasteiger partial charge < -0.3 is 20.7 Å². The molecule has 1 aliphatic heterocycles. The Hall–Kier alpha value is -2.12. The number of urea groups is 1. The number of rotatable bonds is 6. The number of morpholine rings is 1. The van der Waals surface area contributed by atoms with Gasteiger partial charge in [-0.1, -0.05) is 12.1 Å². The summed E-state index contributed by atoms with van der Waals surface area (Å²) in [5, 5.41) is 8.44. The number of nitrogens with zero attached hydrogens (tertiary/aromatic N) is 1. The summed E-state index contributed by atoms with van der Waals surface area (Å²) in [6.07, 6.45) is 0. The number of hydrogen-bond acceptors (Lipinski definition) is 4. The van der Waals surface area contributed by atoms with Gasteiger partial charge in [0.1, 0.15) is 0 Å². The molecule has 1 fully saturated rings. The molecule has 7 nitrogen and oxygen atoms in total. The number of nitrogens with one attached hydrogen (secondary N) is 3. The zero-order valence-electron chi connectivity index (χ0n) is 15.2. The summed E-state index contributed by atoms with van der Waals surface area (Å²) in [7, 11) is 0. The molecule has 0 aliphatic carbocycles. The Morgan fingerprint density at radius 2 is 1.84 bits per heavy atom. The first kappa shape index (κ1) is 19.2. The molecule has 1 aromatic rings. The number of para-hydroxylation sites is 1. The second kappa shape index (κ2) is 9.39. The molecule has 3 amide bonds. The van der Waals surface area contributed by atoms with Crippen LogP contribution in [0.5, 0.6) is 0 Å². The SMILES string of the molecule is CC(C)NC(=O)Nc1ccccc1C(=O)NCC(C)N1CCOCC1. The van der Waals surface area contributed by atoms with Crippen molar-refractivity contribution in [2.45, 2.75) is 32.9 Å². The Morgan fingerprint density at radius 1 is 1.16 bits per heavy atom. The molecule has 138 valence electrons. The molecule has 7 heteroatoms. The van der Waals surface area contributed by atoms with Crippen LogP contribution in [-0.2, 0) is 4.74 Å². The van der Waals surface area contributed by atoms with Gasteiger partial charge in [-0.05, 0) is 32.9 Å². The third kappa shape index (κ3) is 6.03. The van der Waals surface area contributed by atoms with Crippen LogP contribution in [0.1, 0.15) is 31.1 Å². The molecule has 1 atom stereocenters. The van der Waals surface area contributed by atoms with E-state index in [-0.39, 0.29) is 24.0 Å². The van der Waals surface area contributed by atoms with Crippen LogP contribution < -0.4 is 16.0 Å². The minimum atomic E-state index is -0.322. The third-order valence-electron chi connectivity index (χ3n) is 4.07. The van der Waals surface area contributed by atoms with Gasteiger partial charge in [0, 0.05) is 31.7 Å². The van der Waals surface area contributed by atoms with E-state index >= 15 is 0 Å². The molecule has 1 aromatic carbocycles. The van der Waals surface area contributed by atoms with Crippen LogP contribution in [0.4, 0.5) is 10.5 Å². The summed E-state index contributed by atoms with van der Waals surface area (Å²) < 4.78 is 5.35. The average molecular weight is 348 g/mol. The monoisotopic (exact) mass is 348 g/mol. The van der Waals surface area contributed by atoms with Gasteiger partial charge in [0.05, 0.1) is 24.5 Å². The van der Waals surface area contributed by atoms with Crippen LogP contribution in [0.3, 0.4) is 0 Å². The summed E-state index contributed by atoms with van der Waals surface area (Å²) in [6, 6.07) is 6.94. The number of carbonyl (C=O) groups is 2. The van der Waals surface area contributed by atoms with Crippen molar-refractivity contribution in [3.63, 3.8) is 0 Å². The smallest absolute Gasteiger partial charge is 0.319 e. The summed E-state index contributed by atoms with van der Waals surface area (Å²) in [6.45, 7) is 9.62. The van der Waals surface area contributed by atoms with E-state index in [4.69, 9.17) is 4.74 Å². The van der Waals surface area contributed by atoms with Crippen LogP contribution in [0.2, 0.25) is 0 Å². The van der Waals surface area contributed by atoms with E-state index < -0.39 is 0 Å². The first-order valence-corrected chi connectivity index (χ1v) is 8.74. The normalized spacial score (nSPS) is 16.3. The standard InChI is InChI=1S/C18H28N4O3/c1-13(2)20-18(24)21-16-7-5-4-6-15(16)17(23)19-12-14(3)22-8-10-25-11-9-22/h4-7,13-14H,8-12H2,1-3H3,(H,19,23)(H2,20,21,24). The zero-order chi connectivity index (χ0) is 18.2. The molecule has 1 saturated heterocycles. The average Bonchev–Trinajstić information content (AvgIpc) is 2.60. The molecule has 2 rings (SSSR count). The lowest BCUT2D eigenvalue weighted by molar-refractivity contribution is 0.0204. The van der Waals surface area contributed by atoms with Gasteiger partial charge in [-0.15, -0.1) is 0 Å². The first-order valence-electron chi connectivity index (χ1n) is 8.74. The van der Waals surface area contributed by atoms with Crippen molar-refractivity contribution in [2.24, 2.45) is 0 Å². The number of ether oxygens (including phenoxy) is 1. The molecule has 1 aliphatic rings. The Balaban J connectivity index is 1.93. The molecule has 0 radical (unpaired) electrons. The van der Waals surface area contributed by atoms with Gasteiger partial charge in [-0.2, -0.15) is 0 Å². The predicted octanol–water partition coefficient (Wildman–Crippen LogP) is 1.67. The molecule has 0 saturated carbocycles. The van der Waals surface area contributed by atoms with E-state index in [1.807, 2.05) is 13.8 Å². The highest BCUT2D eigenvalue weighted by Gasteiger charge is 2.19. The van der Waals surface area contributed by atoms with Gasteiger partial charge in [-0.25, -0.2) is 4.79 Å². The van der Waals surface area contributed by atoms with Gasteiger partial charge in [-0.3, -0.25) is 9.69 Å². The van der Waals surface area contributed by atoms with Crippen LogP contribution in [-0.4, -0.2) is 61.8 Å². The molecule has 25 heavy (non-hydrogen) atoms. The number of benzene rings is 1. The lowest BCUT2D eigenvalue weighted by atomic mass is 10.1. The highest BCUT2D eigenvalue weighted by Crippen LogP contribution is 2.15. The van der Waals surface area contributed by atoms with Gasteiger partial charge >= 0.3 is 6.03 Å². The summed E-state index contributed by atoms with van der Waals surface area (Å²) in [5.74, 6) is -0.194. The minimum absolute atomic E-state index is 0.0235. The fourth-order valence-electron chi connectivity index (χ4n) is 2.69. The lowest BCUT2D eigenvalue weighted by Gasteiger charge is -2.32. The van der Waals surface area contributed by atoms with Crippen LogP contribution in [0.25, 0.3) is 0 Å². The topological polar surface area (TPSA) is 82.7 Å². The molecule has 1 unspecified atom stereocenters. The van der Waals surface area contributed by atoms with Crippen LogP contribution in [0, 0.1) is 0 Å². The molecular formula is C18H28N4O3. The van der Waals surface area contributed by atoms with Crippen molar-refractivity contribution in [3.05, 3.63) is 29.8 Å². The second-order valence-corrected chi connectivity index (χ2v) is 6.51. The molecule has 0 bridgehead atoms. The maximum Gasteiger partial charge on any atom is 0.319 e. The van der Waals surface area contributed by atoms with E-state index in [0.29, 0.717) is 17.8 Å². The van der Waals surface area contributed by atoms with Crippen molar-refractivity contribution in [1.82, 2.24) is 15.5 Å². The van der Waals surface area contributed by atoms with E-state index in [2.05, 4.69) is 27.8 Å². The minimum Gasteiger partial charge on any atom is -0.379 e. The molecule has 0 aromatic heterocycles. The van der Waals surface area contributed by atoms with Crippen molar-refractivity contribution in [1.29, 1.82) is 0 Å². The zero-order valence-corrected chi connectivity index (χ0v) is 15.2. The van der Waals surface area contributed by atoms with Gasteiger partial charge in [0.15, 0.2) is 0 Å². The van der Waals surface area contributed by atoms with Crippen molar-refractivity contribution < 1.29 is 14.3 Å². The summed E-state index contributed by atoms with van der Waals surface area (Å²) >= 11 is 0. The Bertz CT molecular complexity index is 585. The van der Waals surface area contributed by atoms with E-state index in [1.165, 1.54) is 0 Å². The molecule has 3 N–H and O–H groups in total. The van der Waals surface area contributed by atoms with Crippen LogP contribution in [0.15, 0.2) is 24.3 Å². The quantitative estimate of drug-likeness (QED) is 0.730. The highest BCUT2D eigenvalue weighted by molar-refractivity contribution is 6.03.